The molecule has 0 unspecified atom stereocenters. The molecule has 1 atom stereocenters. The molecule has 0 bridgehead atoms. The minimum atomic E-state index is -0.496. The van der Waals surface area contributed by atoms with E-state index in [1.807, 2.05) is 11.0 Å². The number of nitrogens with zero attached hydrogens (tertiary/aromatic N) is 1. The summed E-state index contributed by atoms with van der Waals surface area (Å²) in [5.41, 5.74) is 5.20. The molecule has 1 fully saturated rings. The molecule has 3 aromatic carbocycles. The molecule has 0 radical (unpaired) electrons. The maximum Gasteiger partial charge on any atom is 0.339 e. The summed E-state index contributed by atoms with van der Waals surface area (Å²) in [6.45, 7) is 2.87. The van der Waals surface area contributed by atoms with Gasteiger partial charge in [-0.1, -0.05) is 30.3 Å². The first kappa shape index (κ1) is 27.4. The second-order valence-corrected chi connectivity index (χ2v) is 10.6. The van der Waals surface area contributed by atoms with Gasteiger partial charge in [-0.2, -0.15) is 0 Å². The third-order valence-electron chi connectivity index (χ3n) is 8.04. The minimum Gasteiger partial charge on any atom is -0.467 e. The van der Waals surface area contributed by atoms with Crippen molar-refractivity contribution >= 4 is 17.8 Å². The number of nitrogens with one attached hydrogen (secondary N) is 1. The quantitative estimate of drug-likeness (QED) is 0.241. The van der Waals surface area contributed by atoms with E-state index in [1.54, 1.807) is 61.7 Å². The number of furan rings is 1. The number of carbonyl (C=O) groups is 3. The van der Waals surface area contributed by atoms with Crippen molar-refractivity contribution in [2.75, 3.05) is 13.2 Å². The van der Waals surface area contributed by atoms with Crippen LogP contribution in [-0.4, -0.2) is 35.8 Å². The fourth-order valence-electron chi connectivity index (χ4n) is 6.06. The van der Waals surface area contributed by atoms with E-state index in [2.05, 4.69) is 5.32 Å². The number of amides is 2. The van der Waals surface area contributed by atoms with Gasteiger partial charge >= 0.3 is 5.97 Å². The summed E-state index contributed by atoms with van der Waals surface area (Å²) in [5.74, 6) is -0.503. The van der Waals surface area contributed by atoms with Crippen LogP contribution in [0.2, 0.25) is 0 Å². The van der Waals surface area contributed by atoms with E-state index in [-0.39, 0.29) is 36.8 Å². The molecule has 2 aliphatic rings. The van der Waals surface area contributed by atoms with Crippen LogP contribution in [0.25, 0.3) is 11.1 Å². The van der Waals surface area contributed by atoms with Crippen LogP contribution in [-0.2, 0) is 24.1 Å². The van der Waals surface area contributed by atoms with Crippen LogP contribution < -0.4 is 5.32 Å². The number of hydrogen-bond donors (Lipinski definition) is 1. The predicted octanol–water partition coefficient (Wildman–Crippen LogP) is 6.27. The van der Waals surface area contributed by atoms with Crippen LogP contribution in [0, 0.1) is 5.82 Å². The van der Waals surface area contributed by atoms with E-state index in [0.29, 0.717) is 53.0 Å². The Bertz CT molecular complexity index is 1630. The fraction of sp³-hybridized carbons (Fsp3) is 0.265. The van der Waals surface area contributed by atoms with Gasteiger partial charge in [0, 0.05) is 17.7 Å². The number of esters is 1. The number of benzene rings is 3. The highest BCUT2D eigenvalue weighted by Crippen LogP contribution is 2.47. The molecule has 42 heavy (non-hydrogen) atoms. The second-order valence-electron chi connectivity index (χ2n) is 10.6. The smallest absolute Gasteiger partial charge is 0.339 e. The molecule has 214 valence electrons. The number of ether oxygens (including phenoxy) is 1. The Morgan fingerprint density at radius 1 is 1.05 bits per heavy atom. The van der Waals surface area contributed by atoms with E-state index in [9.17, 15) is 18.8 Å². The monoisotopic (exact) mass is 566 g/mol. The Morgan fingerprint density at radius 2 is 1.83 bits per heavy atom. The van der Waals surface area contributed by atoms with Crippen LogP contribution in [0.3, 0.4) is 0 Å². The lowest BCUT2D eigenvalue weighted by atomic mass is 9.84. The molecule has 4 aromatic rings. The van der Waals surface area contributed by atoms with Gasteiger partial charge in [-0.25, -0.2) is 9.18 Å². The molecule has 1 N–H and O–H groups in total. The summed E-state index contributed by atoms with van der Waals surface area (Å²) < 4.78 is 24.3. The van der Waals surface area contributed by atoms with Crippen LogP contribution >= 0.6 is 0 Å². The highest BCUT2D eigenvalue weighted by Gasteiger charge is 2.43. The largest absolute Gasteiger partial charge is 0.467 e. The highest BCUT2D eigenvalue weighted by molar-refractivity contribution is 6.11. The van der Waals surface area contributed by atoms with Crippen LogP contribution in [0.1, 0.15) is 79.3 Å². The van der Waals surface area contributed by atoms with Gasteiger partial charge in [-0.05, 0) is 91.3 Å². The first-order chi connectivity index (χ1) is 20.4. The zero-order valence-corrected chi connectivity index (χ0v) is 23.3. The van der Waals surface area contributed by atoms with Gasteiger partial charge < -0.3 is 19.4 Å². The van der Waals surface area contributed by atoms with Crippen molar-refractivity contribution < 1.29 is 27.9 Å². The normalized spacial score (nSPS) is 15.4. The van der Waals surface area contributed by atoms with Gasteiger partial charge in [0.05, 0.1) is 36.6 Å². The van der Waals surface area contributed by atoms with Crippen LogP contribution in [0.5, 0.6) is 0 Å². The van der Waals surface area contributed by atoms with Crippen molar-refractivity contribution in [3.05, 3.63) is 118 Å². The van der Waals surface area contributed by atoms with Crippen molar-refractivity contribution in [3.63, 3.8) is 0 Å². The lowest BCUT2D eigenvalue weighted by molar-refractivity contribution is 0.0525. The average Bonchev–Trinajstić information content (AvgIpc) is 3.76. The van der Waals surface area contributed by atoms with Crippen LogP contribution in [0.15, 0.2) is 77.4 Å². The molecule has 0 spiro atoms. The second kappa shape index (κ2) is 11.6. The predicted molar refractivity (Wildman–Crippen MR) is 155 cm³/mol. The van der Waals surface area contributed by atoms with E-state index in [1.165, 1.54) is 12.1 Å². The number of aryl methyl sites for hydroxylation is 2. The summed E-state index contributed by atoms with van der Waals surface area (Å²) in [6, 6.07) is 18.8. The van der Waals surface area contributed by atoms with Crippen molar-refractivity contribution in [2.45, 2.75) is 45.2 Å². The Morgan fingerprint density at radius 3 is 2.55 bits per heavy atom. The third-order valence-corrected chi connectivity index (χ3v) is 8.04. The Balaban J connectivity index is 1.42. The molecule has 0 aliphatic carbocycles. The third kappa shape index (κ3) is 5.20. The SMILES string of the molecule is CCOC(=O)c1c(CCc2ccc(F)cc2)cc2c(c1-c1ccc(C(=O)NCc3ccco3)cc1)C(=O)N1CCC[C@@H]21. The lowest BCUT2D eigenvalue weighted by Gasteiger charge is -2.19. The maximum atomic E-state index is 13.8. The van der Waals surface area contributed by atoms with Gasteiger partial charge in [0.25, 0.3) is 11.8 Å². The zero-order chi connectivity index (χ0) is 29.2. The average molecular weight is 567 g/mol. The molecular formula is C34H31FN2O5. The van der Waals surface area contributed by atoms with Gasteiger partial charge in [-0.15, -0.1) is 0 Å². The summed E-state index contributed by atoms with van der Waals surface area (Å²) >= 11 is 0. The molecule has 2 aliphatic heterocycles. The highest BCUT2D eigenvalue weighted by atomic mass is 19.1. The summed E-state index contributed by atoms with van der Waals surface area (Å²) in [7, 11) is 0. The maximum absolute atomic E-state index is 13.8. The number of hydrogen-bond acceptors (Lipinski definition) is 5. The van der Waals surface area contributed by atoms with Gasteiger partial charge in [0.1, 0.15) is 11.6 Å². The van der Waals surface area contributed by atoms with Gasteiger partial charge in [-0.3, -0.25) is 9.59 Å². The summed E-state index contributed by atoms with van der Waals surface area (Å²) in [5, 5.41) is 2.84. The Kier molecular flexibility index (Phi) is 7.61. The molecule has 1 saturated heterocycles. The van der Waals surface area contributed by atoms with Gasteiger partial charge in [0.15, 0.2) is 0 Å². The molecule has 1 aromatic heterocycles. The van der Waals surface area contributed by atoms with Crippen molar-refractivity contribution in [1.82, 2.24) is 10.2 Å². The number of rotatable bonds is 9. The molecule has 7 nitrogen and oxygen atoms in total. The van der Waals surface area contributed by atoms with E-state index >= 15 is 0 Å². The fourth-order valence-corrected chi connectivity index (χ4v) is 6.06. The zero-order valence-electron chi connectivity index (χ0n) is 23.3. The number of halogens is 1. The first-order valence-corrected chi connectivity index (χ1v) is 14.3. The van der Waals surface area contributed by atoms with E-state index in [4.69, 9.17) is 9.15 Å². The van der Waals surface area contributed by atoms with Gasteiger partial charge in [0.2, 0.25) is 0 Å². The Labute approximate surface area is 243 Å². The van der Waals surface area contributed by atoms with Crippen LogP contribution in [0.4, 0.5) is 4.39 Å². The van der Waals surface area contributed by atoms with E-state index < -0.39 is 5.97 Å². The van der Waals surface area contributed by atoms with Crippen molar-refractivity contribution in [1.29, 1.82) is 0 Å². The molecule has 0 saturated carbocycles. The van der Waals surface area contributed by atoms with Crippen molar-refractivity contribution in [2.24, 2.45) is 0 Å². The summed E-state index contributed by atoms with van der Waals surface area (Å²) in [6.07, 6.45) is 4.44. The molecule has 2 amide bonds. The number of carbonyl (C=O) groups excluding carboxylic acids is 3. The lowest BCUT2D eigenvalue weighted by Crippen LogP contribution is -2.23. The molecule has 3 heterocycles. The molecule has 6 rings (SSSR count). The minimum absolute atomic E-state index is 0.0290. The summed E-state index contributed by atoms with van der Waals surface area (Å²) in [4.78, 5) is 42.0. The molecular weight excluding hydrogens is 535 g/mol. The number of fused-ring (bicyclic) bond motifs is 3. The topological polar surface area (TPSA) is 88.9 Å². The van der Waals surface area contributed by atoms with E-state index in [0.717, 1.165) is 29.5 Å². The standard InChI is InChI=1S/C34H31FN2O5/c1-2-41-34(40)30-24(10-7-21-8-15-25(35)16-9-21)19-27-28-6-3-17-37(28)33(39)31(27)29(30)22-11-13-23(14-12-22)32(38)36-20-26-5-4-18-42-26/h4-5,8-9,11-16,18-19,28H,2-3,6-7,10,17,20H2,1H3,(H,36,38)/t28-/m0/s1. The Hall–Kier alpha value is -4.72. The first-order valence-electron chi connectivity index (χ1n) is 14.3. The molecule has 8 heteroatoms. The van der Waals surface area contributed by atoms with Crippen molar-refractivity contribution in [3.8, 4) is 11.1 Å².